The van der Waals surface area contributed by atoms with Crippen LogP contribution in [0.1, 0.15) is 53.1 Å². The number of carbonyl (C=O) groups excluding carboxylic acids is 3. The van der Waals surface area contributed by atoms with Crippen molar-refractivity contribution in [1.29, 1.82) is 0 Å². The van der Waals surface area contributed by atoms with Gasteiger partial charge in [-0.2, -0.15) is 13.1 Å². The lowest BCUT2D eigenvalue weighted by Gasteiger charge is -2.31. The highest BCUT2D eigenvalue weighted by molar-refractivity contribution is 7.89. The molecule has 9 nitrogen and oxygen atoms in total. The molecule has 2 aromatic rings. The number of sulfonamides is 1. The summed E-state index contributed by atoms with van der Waals surface area (Å²) in [6.07, 6.45) is 0.999. The SMILES string of the molecule is O=C1CCC(N2Cc3cc(C4CCN(S(=O)(=O)c5ccc(OC(F)F)cc5)CC4)c(F)cc3C2=O)C(=O)N1. The minimum Gasteiger partial charge on any atom is -0.435 e. The predicted molar refractivity (Wildman–Crippen MR) is 126 cm³/mol. The van der Waals surface area contributed by atoms with E-state index in [4.69, 9.17) is 0 Å². The van der Waals surface area contributed by atoms with Crippen molar-refractivity contribution in [2.75, 3.05) is 13.1 Å². The molecule has 2 saturated heterocycles. The van der Waals surface area contributed by atoms with Crippen LogP contribution in [0.25, 0.3) is 0 Å². The van der Waals surface area contributed by atoms with Crippen molar-refractivity contribution in [3.63, 3.8) is 0 Å². The number of hydrogen-bond acceptors (Lipinski definition) is 6. The van der Waals surface area contributed by atoms with Crippen LogP contribution in [0.5, 0.6) is 5.75 Å². The van der Waals surface area contributed by atoms with Gasteiger partial charge in [-0.3, -0.25) is 19.7 Å². The van der Waals surface area contributed by atoms with Crippen LogP contribution in [0.2, 0.25) is 0 Å². The number of ether oxygens (including phenoxy) is 1. The summed E-state index contributed by atoms with van der Waals surface area (Å²) in [7, 11) is -3.89. The largest absolute Gasteiger partial charge is 0.435 e. The Labute approximate surface area is 216 Å². The lowest BCUT2D eigenvalue weighted by molar-refractivity contribution is -0.136. The molecule has 3 amide bonds. The standard InChI is InChI=1S/C25H24F3N3O6S/c26-20-12-19-15(13-31(24(19)34)21-5-6-22(32)29-23(21)33)11-18(20)14-7-9-30(10-8-14)38(35,36)17-3-1-16(2-4-17)37-25(27)28/h1-4,11-12,14,21,25H,5-10,13H2,(H,29,32,33). The van der Waals surface area contributed by atoms with Gasteiger partial charge in [-0.25, -0.2) is 12.8 Å². The molecule has 1 N–H and O–H groups in total. The lowest BCUT2D eigenvalue weighted by Crippen LogP contribution is -2.52. The summed E-state index contributed by atoms with van der Waals surface area (Å²) < 4.78 is 71.4. The first-order valence-electron chi connectivity index (χ1n) is 12.1. The number of alkyl halides is 2. The number of carbonyl (C=O) groups is 3. The number of nitrogens with one attached hydrogen (secondary N) is 1. The Kier molecular flexibility index (Phi) is 6.90. The van der Waals surface area contributed by atoms with Crippen LogP contribution in [0.4, 0.5) is 13.2 Å². The number of hydrogen-bond donors (Lipinski definition) is 1. The highest BCUT2D eigenvalue weighted by atomic mass is 32.2. The van der Waals surface area contributed by atoms with E-state index in [1.165, 1.54) is 27.4 Å². The maximum absolute atomic E-state index is 15.1. The summed E-state index contributed by atoms with van der Waals surface area (Å²) in [6, 6.07) is 6.70. The van der Waals surface area contributed by atoms with Crippen molar-refractivity contribution in [2.24, 2.45) is 0 Å². The number of benzene rings is 2. The van der Waals surface area contributed by atoms with Gasteiger partial charge in [0.25, 0.3) is 5.91 Å². The second-order valence-corrected chi connectivity index (χ2v) is 11.4. The third-order valence-electron chi connectivity index (χ3n) is 7.22. The molecule has 0 spiro atoms. The first-order valence-corrected chi connectivity index (χ1v) is 13.5. The molecule has 202 valence electrons. The van der Waals surface area contributed by atoms with Gasteiger partial charge in [-0.1, -0.05) is 6.07 Å². The van der Waals surface area contributed by atoms with E-state index in [2.05, 4.69) is 10.1 Å². The molecule has 1 unspecified atom stereocenters. The molecule has 0 saturated carbocycles. The molecular weight excluding hydrogens is 527 g/mol. The molecule has 0 aliphatic carbocycles. The average Bonchev–Trinajstić information content (AvgIpc) is 3.18. The topological polar surface area (TPSA) is 113 Å². The van der Waals surface area contributed by atoms with E-state index in [0.29, 0.717) is 24.0 Å². The fourth-order valence-corrected chi connectivity index (χ4v) is 6.74. The quantitative estimate of drug-likeness (QED) is 0.553. The molecule has 3 aliphatic rings. The van der Waals surface area contributed by atoms with Gasteiger partial charge in [-0.15, -0.1) is 0 Å². The lowest BCUT2D eigenvalue weighted by atomic mass is 9.88. The molecule has 1 atom stereocenters. The number of nitrogens with zero attached hydrogens (tertiary/aromatic N) is 2. The highest BCUT2D eigenvalue weighted by Gasteiger charge is 2.40. The molecule has 0 bridgehead atoms. The van der Waals surface area contributed by atoms with E-state index >= 15 is 4.39 Å². The van der Waals surface area contributed by atoms with Crippen molar-refractivity contribution in [3.8, 4) is 5.75 Å². The Hall–Kier alpha value is -3.45. The zero-order valence-corrected chi connectivity index (χ0v) is 20.8. The predicted octanol–water partition coefficient (Wildman–Crippen LogP) is 2.76. The van der Waals surface area contributed by atoms with E-state index in [1.807, 2.05) is 0 Å². The van der Waals surface area contributed by atoms with Gasteiger partial charge in [0.05, 0.1) is 4.90 Å². The number of imide groups is 1. The van der Waals surface area contributed by atoms with Gasteiger partial charge in [0.15, 0.2) is 0 Å². The summed E-state index contributed by atoms with van der Waals surface area (Å²) in [6.45, 7) is -2.65. The fraction of sp³-hybridized carbons (Fsp3) is 0.400. The third-order valence-corrected chi connectivity index (χ3v) is 9.13. The number of rotatable bonds is 6. The Morgan fingerprint density at radius 3 is 2.32 bits per heavy atom. The molecule has 2 fully saturated rings. The molecule has 2 aromatic carbocycles. The summed E-state index contributed by atoms with van der Waals surface area (Å²) in [5.41, 5.74) is 1.14. The van der Waals surface area contributed by atoms with Crippen molar-refractivity contribution >= 4 is 27.7 Å². The molecule has 3 heterocycles. The first kappa shape index (κ1) is 26.2. The zero-order valence-electron chi connectivity index (χ0n) is 20.0. The van der Waals surface area contributed by atoms with Crippen LogP contribution in [-0.4, -0.2) is 61.1 Å². The maximum Gasteiger partial charge on any atom is 0.387 e. The molecular formula is C25H24F3N3O6S. The maximum atomic E-state index is 15.1. The molecule has 0 aromatic heterocycles. The number of halogens is 3. The first-order chi connectivity index (χ1) is 18.0. The van der Waals surface area contributed by atoms with Crippen molar-refractivity contribution in [3.05, 3.63) is 58.9 Å². The van der Waals surface area contributed by atoms with E-state index in [-0.39, 0.29) is 54.6 Å². The van der Waals surface area contributed by atoms with Crippen LogP contribution in [0.15, 0.2) is 41.3 Å². The molecule has 38 heavy (non-hydrogen) atoms. The fourth-order valence-electron chi connectivity index (χ4n) is 5.27. The van der Waals surface area contributed by atoms with Gasteiger partial charge in [0, 0.05) is 31.6 Å². The monoisotopic (exact) mass is 551 g/mol. The van der Waals surface area contributed by atoms with Crippen LogP contribution >= 0.6 is 0 Å². The zero-order chi connectivity index (χ0) is 27.2. The Morgan fingerprint density at radius 2 is 1.68 bits per heavy atom. The van der Waals surface area contributed by atoms with Crippen molar-refractivity contribution < 1.29 is 40.7 Å². The number of amides is 3. The van der Waals surface area contributed by atoms with E-state index in [9.17, 15) is 31.6 Å². The van der Waals surface area contributed by atoms with Gasteiger partial charge >= 0.3 is 6.61 Å². The van der Waals surface area contributed by atoms with E-state index in [0.717, 1.165) is 12.1 Å². The van der Waals surface area contributed by atoms with Crippen LogP contribution in [0, 0.1) is 5.82 Å². The highest BCUT2D eigenvalue weighted by Crippen LogP contribution is 2.36. The Balaban J connectivity index is 1.27. The minimum absolute atomic E-state index is 0.0617. The normalized spacial score (nSPS) is 21.1. The van der Waals surface area contributed by atoms with Crippen molar-refractivity contribution in [1.82, 2.24) is 14.5 Å². The van der Waals surface area contributed by atoms with Crippen molar-refractivity contribution in [2.45, 2.75) is 55.7 Å². The molecule has 5 rings (SSSR count). The summed E-state index contributed by atoms with van der Waals surface area (Å²) in [5, 5.41) is 2.23. The Bertz CT molecular complexity index is 1390. The Morgan fingerprint density at radius 1 is 1.00 bits per heavy atom. The molecule has 3 aliphatic heterocycles. The third kappa shape index (κ3) is 4.87. The van der Waals surface area contributed by atoms with Gasteiger partial charge in [-0.05, 0) is 66.6 Å². The van der Waals surface area contributed by atoms with Crippen LogP contribution in [0.3, 0.4) is 0 Å². The summed E-state index contributed by atoms with van der Waals surface area (Å²) in [4.78, 5) is 37.9. The van der Waals surface area contributed by atoms with Gasteiger partial charge in [0.2, 0.25) is 21.8 Å². The van der Waals surface area contributed by atoms with Crippen LogP contribution in [-0.2, 0) is 26.2 Å². The van der Waals surface area contributed by atoms with Gasteiger partial charge in [0.1, 0.15) is 17.6 Å². The minimum atomic E-state index is -3.89. The van der Waals surface area contributed by atoms with E-state index < -0.39 is 46.2 Å². The van der Waals surface area contributed by atoms with E-state index in [1.54, 1.807) is 6.07 Å². The summed E-state index contributed by atoms with van der Waals surface area (Å²) in [5.74, 6) is -2.42. The second-order valence-electron chi connectivity index (χ2n) is 9.46. The number of piperidine rings is 2. The van der Waals surface area contributed by atoms with Crippen LogP contribution < -0.4 is 10.1 Å². The smallest absolute Gasteiger partial charge is 0.387 e. The summed E-state index contributed by atoms with van der Waals surface area (Å²) >= 11 is 0. The molecule has 0 radical (unpaired) electrons. The average molecular weight is 552 g/mol. The van der Waals surface area contributed by atoms with Gasteiger partial charge < -0.3 is 9.64 Å². The second kappa shape index (κ2) is 10.0. The number of fused-ring (bicyclic) bond motifs is 1. The molecule has 13 heteroatoms.